The highest BCUT2D eigenvalue weighted by molar-refractivity contribution is 5.50. The maximum absolute atomic E-state index is 2.29. The average Bonchev–Trinajstić information content (AvgIpc) is 2.29. The fourth-order valence-electron chi connectivity index (χ4n) is 1.60. The Morgan fingerprint density at radius 2 is 1.71 bits per heavy atom. The highest BCUT2D eigenvalue weighted by Gasteiger charge is 1.97. The molecule has 0 aromatic heterocycles. The molecular weight excluding hydrogens is 204 g/mol. The van der Waals surface area contributed by atoms with E-state index in [0.717, 1.165) is 5.92 Å². The molecule has 0 heteroatoms. The summed E-state index contributed by atoms with van der Waals surface area (Å²) in [6.45, 7) is 12.9. The Labute approximate surface area is 108 Å². The topological polar surface area (TPSA) is 0 Å². The lowest BCUT2D eigenvalue weighted by Crippen LogP contribution is -1.93. The monoisotopic (exact) mass is 232 g/mol. The Morgan fingerprint density at radius 1 is 1.06 bits per heavy atom. The van der Waals surface area contributed by atoms with Gasteiger partial charge in [-0.15, -0.1) is 0 Å². The van der Waals surface area contributed by atoms with Crippen LogP contribution in [-0.4, -0.2) is 0 Å². The van der Waals surface area contributed by atoms with Gasteiger partial charge in [-0.1, -0.05) is 78.0 Å². The van der Waals surface area contributed by atoms with Crippen molar-refractivity contribution in [2.24, 2.45) is 11.8 Å². The maximum atomic E-state index is 2.29. The van der Waals surface area contributed by atoms with Crippen LogP contribution in [0.15, 0.2) is 30.3 Å². The first-order valence-corrected chi connectivity index (χ1v) is 6.85. The van der Waals surface area contributed by atoms with Crippen LogP contribution in [-0.2, 0) is 6.42 Å². The van der Waals surface area contributed by atoms with E-state index in [-0.39, 0.29) is 0 Å². The Hall–Kier alpha value is -1.04. The molecule has 0 bridgehead atoms. The highest BCUT2D eigenvalue weighted by Crippen LogP contribution is 2.12. The van der Waals surface area contributed by atoms with E-state index in [1.165, 1.54) is 17.5 Å². The molecule has 1 rings (SSSR count). The van der Waals surface area contributed by atoms with Gasteiger partial charge in [0, 0.05) is 0 Å². The second-order valence-electron chi connectivity index (χ2n) is 4.95. The normalized spacial score (nSPS) is 10.8. The summed E-state index contributed by atoms with van der Waals surface area (Å²) >= 11 is 0. The molecule has 0 aliphatic heterocycles. The Balaban J connectivity index is 0.00000121. The van der Waals surface area contributed by atoms with Crippen molar-refractivity contribution in [2.75, 3.05) is 0 Å². The van der Waals surface area contributed by atoms with Gasteiger partial charge in [0.15, 0.2) is 0 Å². The van der Waals surface area contributed by atoms with Crippen molar-refractivity contribution in [3.05, 3.63) is 41.5 Å². The quantitative estimate of drug-likeness (QED) is 0.635. The molecule has 1 aromatic rings. The van der Waals surface area contributed by atoms with Crippen molar-refractivity contribution in [1.29, 1.82) is 0 Å². The van der Waals surface area contributed by atoms with Gasteiger partial charge in [0.2, 0.25) is 0 Å². The lowest BCUT2D eigenvalue weighted by atomic mass is 10.0. The molecule has 0 amide bonds. The molecular formula is C17H28. The zero-order valence-corrected chi connectivity index (χ0v) is 12.3. The van der Waals surface area contributed by atoms with E-state index in [1.54, 1.807) is 0 Å². The third kappa shape index (κ3) is 7.79. The van der Waals surface area contributed by atoms with Crippen LogP contribution in [0.25, 0.3) is 6.08 Å². The van der Waals surface area contributed by atoms with Crippen molar-refractivity contribution in [2.45, 2.75) is 48.0 Å². The molecule has 0 saturated heterocycles. The number of rotatable bonds is 4. The minimum atomic E-state index is 0.624. The minimum absolute atomic E-state index is 0.624. The van der Waals surface area contributed by atoms with Crippen molar-refractivity contribution >= 4 is 6.08 Å². The molecule has 0 aliphatic carbocycles. The Bertz CT molecular complexity index is 319. The van der Waals surface area contributed by atoms with E-state index in [0.29, 0.717) is 5.92 Å². The number of hydrogen-bond acceptors (Lipinski definition) is 0. The van der Waals surface area contributed by atoms with Gasteiger partial charge in [-0.3, -0.25) is 0 Å². The smallest absolute Gasteiger partial charge is 0.0255 e. The SMILES string of the molecule is CC.CC(C)/C=C/c1cccc(CC(C)C)c1. The van der Waals surface area contributed by atoms with Crippen molar-refractivity contribution in [1.82, 2.24) is 0 Å². The standard InChI is InChI=1S/C15H22.C2H6/c1-12(2)8-9-14-6-5-7-15(11-14)10-13(3)4;1-2/h5-9,11-13H,10H2,1-4H3;1-2H3/b9-8+;. The third-order valence-corrected chi connectivity index (χ3v) is 2.27. The highest BCUT2D eigenvalue weighted by atomic mass is 14.0. The summed E-state index contributed by atoms with van der Waals surface area (Å²) < 4.78 is 0. The molecule has 0 fully saturated rings. The first-order valence-electron chi connectivity index (χ1n) is 6.85. The fraction of sp³-hybridized carbons (Fsp3) is 0.529. The van der Waals surface area contributed by atoms with Gasteiger partial charge in [-0.25, -0.2) is 0 Å². The van der Waals surface area contributed by atoms with Crippen LogP contribution in [0.4, 0.5) is 0 Å². The molecule has 0 N–H and O–H groups in total. The number of benzene rings is 1. The molecule has 0 heterocycles. The van der Waals surface area contributed by atoms with Gasteiger partial charge < -0.3 is 0 Å². The van der Waals surface area contributed by atoms with Gasteiger partial charge >= 0.3 is 0 Å². The predicted molar refractivity (Wildman–Crippen MR) is 80.2 cm³/mol. The van der Waals surface area contributed by atoms with Crippen LogP contribution in [0.5, 0.6) is 0 Å². The molecule has 0 spiro atoms. The van der Waals surface area contributed by atoms with E-state index >= 15 is 0 Å². The largest absolute Gasteiger partial charge is 0.0814 e. The molecule has 0 unspecified atom stereocenters. The zero-order chi connectivity index (χ0) is 13.3. The summed E-state index contributed by atoms with van der Waals surface area (Å²) in [6, 6.07) is 8.83. The summed E-state index contributed by atoms with van der Waals surface area (Å²) in [7, 11) is 0. The van der Waals surface area contributed by atoms with E-state index in [4.69, 9.17) is 0 Å². The molecule has 0 atom stereocenters. The molecule has 17 heavy (non-hydrogen) atoms. The number of allylic oxidation sites excluding steroid dienone is 1. The first-order chi connectivity index (χ1) is 8.08. The van der Waals surface area contributed by atoms with Crippen LogP contribution >= 0.6 is 0 Å². The molecule has 0 aliphatic rings. The fourth-order valence-corrected chi connectivity index (χ4v) is 1.60. The second-order valence-corrected chi connectivity index (χ2v) is 4.95. The van der Waals surface area contributed by atoms with Gasteiger partial charge in [-0.05, 0) is 29.4 Å². The molecule has 0 radical (unpaired) electrons. The van der Waals surface area contributed by atoms with Gasteiger partial charge in [0.1, 0.15) is 0 Å². The van der Waals surface area contributed by atoms with Crippen LogP contribution < -0.4 is 0 Å². The number of hydrogen-bond donors (Lipinski definition) is 0. The summed E-state index contributed by atoms with van der Waals surface area (Å²) in [4.78, 5) is 0. The average molecular weight is 232 g/mol. The van der Waals surface area contributed by atoms with Gasteiger partial charge in [-0.2, -0.15) is 0 Å². The zero-order valence-electron chi connectivity index (χ0n) is 12.3. The van der Waals surface area contributed by atoms with Crippen molar-refractivity contribution < 1.29 is 0 Å². The van der Waals surface area contributed by atoms with Gasteiger partial charge in [0.05, 0.1) is 0 Å². The summed E-state index contributed by atoms with van der Waals surface area (Å²) in [5.41, 5.74) is 2.76. The first kappa shape index (κ1) is 16.0. The third-order valence-electron chi connectivity index (χ3n) is 2.27. The van der Waals surface area contributed by atoms with E-state index in [1.807, 2.05) is 13.8 Å². The summed E-state index contributed by atoms with van der Waals surface area (Å²) in [5, 5.41) is 0. The van der Waals surface area contributed by atoms with E-state index < -0.39 is 0 Å². The van der Waals surface area contributed by atoms with Crippen LogP contribution in [0.2, 0.25) is 0 Å². The second kappa shape index (κ2) is 9.04. The van der Waals surface area contributed by atoms with Gasteiger partial charge in [0.25, 0.3) is 0 Å². The molecule has 0 saturated carbocycles. The molecule has 96 valence electrons. The summed E-state index contributed by atoms with van der Waals surface area (Å²) in [6.07, 6.45) is 5.63. The van der Waals surface area contributed by atoms with E-state index in [9.17, 15) is 0 Å². The predicted octanol–water partition coefficient (Wildman–Crippen LogP) is 5.58. The van der Waals surface area contributed by atoms with Crippen LogP contribution in [0, 0.1) is 11.8 Å². The maximum Gasteiger partial charge on any atom is -0.0255 e. The lowest BCUT2D eigenvalue weighted by molar-refractivity contribution is 0.647. The molecule has 1 aromatic carbocycles. The lowest BCUT2D eigenvalue weighted by Gasteiger charge is -2.05. The minimum Gasteiger partial charge on any atom is -0.0814 e. The van der Waals surface area contributed by atoms with Crippen molar-refractivity contribution in [3.8, 4) is 0 Å². The van der Waals surface area contributed by atoms with E-state index in [2.05, 4.69) is 64.1 Å². The Kier molecular flexibility index (Phi) is 8.49. The Morgan fingerprint density at radius 3 is 2.24 bits per heavy atom. The van der Waals surface area contributed by atoms with Crippen LogP contribution in [0.1, 0.15) is 52.7 Å². The molecule has 0 nitrogen and oxygen atoms in total. The van der Waals surface area contributed by atoms with Crippen molar-refractivity contribution in [3.63, 3.8) is 0 Å². The van der Waals surface area contributed by atoms with Crippen LogP contribution in [0.3, 0.4) is 0 Å². The summed E-state index contributed by atoms with van der Waals surface area (Å²) in [5.74, 6) is 1.35.